The van der Waals surface area contributed by atoms with Gasteiger partial charge in [-0.2, -0.15) is 4.99 Å². The maximum atomic E-state index is 5.98. The Bertz CT molecular complexity index is 548. The number of rotatable bonds is 1. The average molecular weight is 282 g/mol. The lowest BCUT2D eigenvalue weighted by atomic mass is 10.1. The van der Waals surface area contributed by atoms with Crippen LogP contribution in [0.15, 0.2) is 28.2 Å². The van der Waals surface area contributed by atoms with Gasteiger partial charge >= 0.3 is 0 Å². The molecule has 0 unspecified atom stereocenters. The molecule has 0 fully saturated rings. The third-order valence-electron chi connectivity index (χ3n) is 3.14. The van der Waals surface area contributed by atoms with Crippen LogP contribution >= 0.6 is 12.4 Å². The standard InChI is InChI=1S/C13H19N5.ClH/c1-8-5-6-10(7-9(8)2)18-12(15)16-11(14)17-13(18,3)4;/h5-7H,1-4H3,(H4,14,15,16,17);1H. The number of aryl methyl sites for hydroxylation is 2. The Balaban J connectivity index is 0.00000180. The molecule has 0 aromatic heterocycles. The lowest BCUT2D eigenvalue weighted by Gasteiger charge is -2.38. The largest absolute Gasteiger partial charge is 0.369 e. The quantitative estimate of drug-likeness (QED) is 0.825. The maximum Gasteiger partial charge on any atom is 0.220 e. The van der Waals surface area contributed by atoms with Crippen molar-refractivity contribution in [2.75, 3.05) is 4.90 Å². The van der Waals surface area contributed by atoms with Gasteiger partial charge in [0.15, 0.2) is 0 Å². The first-order valence-electron chi connectivity index (χ1n) is 5.88. The zero-order chi connectivity index (χ0) is 13.5. The summed E-state index contributed by atoms with van der Waals surface area (Å²) in [5.74, 6) is 0.591. The minimum absolute atomic E-state index is 0. The third kappa shape index (κ3) is 2.81. The molecule has 1 aromatic rings. The van der Waals surface area contributed by atoms with Gasteiger partial charge in [0.1, 0.15) is 5.66 Å². The Hall–Kier alpha value is -1.75. The van der Waals surface area contributed by atoms with Gasteiger partial charge in [0.2, 0.25) is 11.9 Å². The van der Waals surface area contributed by atoms with Crippen LogP contribution in [0, 0.1) is 13.8 Å². The molecule has 0 amide bonds. The molecule has 0 spiro atoms. The normalized spacial score (nSPS) is 17.4. The zero-order valence-electron chi connectivity index (χ0n) is 11.6. The highest BCUT2D eigenvalue weighted by atomic mass is 35.5. The van der Waals surface area contributed by atoms with Gasteiger partial charge in [0, 0.05) is 5.69 Å². The summed E-state index contributed by atoms with van der Waals surface area (Å²) in [6.45, 7) is 8.06. The Morgan fingerprint density at radius 2 is 1.74 bits per heavy atom. The number of benzene rings is 1. The van der Waals surface area contributed by atoms with Crippen LogP contribution in [-0.4, -0.2) is 17.6 Å². The lowest BCUT2D eigenvalue weighted by Crippen LogP contribution is -2.54. The van der Waals surface area contributed by atoms with E-state index in [0.717, 1.165) is 5.69 Å². The van der Waals surface area contributed by atoms with Crippen molar-refractivity contribution in [2.24, 2.45) is 21.5 Å². The fraction of sp³-hybridized carbons (Fsp3) is 0.385. The molecule has 0 aliphatic carbocycles. The predicted octanol–water partition coefficient (Wildman–Crippen LogP) is 1.91. The lowest BCUT2D eigenvalue weighted by molar-refractivity contribution is 0.534. The van der Waals surface area contributed by atoms with E-state index in [0.29, 0.717) is 5.96 Å². The van der Waals surface area contributed by atoms with Crippen molar-refractivity contribution in [3.63, 3.8) is 0 Å². The van der Waals surface area contributed by atoms with Crippen molar-refractivity contribution >= 4 is 30.0 Å². The van der Waals surface area contributed by atoms with E-state index >= 15 is 0 Å². The predicted molar refractivity (Wildman–Crippen MR) is 83.0 cm³/mol. The molecular weight excluding hydrogens is 262 g/mol. The van der Waals surface area contributed by atoms with Crippen LogP contribution in [0.1, 0.15) is 25.0 Å². The summed E-state index contributed by atoms with van der Waals surface area (Å²) in [7, 11) is 0. The number of aliphatic imine (C=N–C) groups is 2. The van der Waals surface area contributed by atoms with Gasteiger partial charge in [0.05, 0.1) is 0 Å². The van der Waals surface area contributed by atoms with E-state index in [1.807, 2.05) is 24.8 Å². The van der Waals surface area contributed by atoms with Crippen LogP contribution in [0.25, 0.3) is 0 Å². The SMILES string of the molecule is Cc1ccc(N2C(N)=NC(N)=NC2(C)C)cc1C.Cl. The number of guanidine groups is 2. The number of nitrogens with two attached hydrogens (primary N) is 2. The van der Waals surface area contributed by atoms with E-state index < -0.39 is 5.66 Å². The van der Waals surface area contributed by atoms with Crippen LogP contribution in [0.5, 0.6) is 0 Å². The van der Waals surface area contributed by atoms with E-state index in [4.69, 9.17) is 11.5 Å². The summed E-state index contributed by atoms with van der Waals surface area (Å²) < 4.78 is 0. The highest BCUT2D eigenvalue weighted by Crippen LogP contribution is 2.28. The van der Waals surface area contributed by atoms with Gasteiger partial charge in [-0.1, -0.05) is 6.07 Å². The molecule has 0 radical (unpaired) electrons. The van der Waals surface area contributed by atoms with Crippen LogP contribution < -0.4 is 16.4 Å². The average Bonchev–Trinajstić information content (AvgIpc) is 2.20. The second-order valence-electron chi connectivity index (χ2n) is 5.04. The summed E-state index contributed by atoms with van der Waals surface area (Å²) in [6, 6.07) is 6.16. The number of hydrogen-bond acceptors (Lipinski definition) is 5. The molecule has 0 saturated carbocycles. The minimum Gasteiger partial charge on any atom is -0.369 e. The van der Waals surface area contributed by atoms with Crippen molar-refractivity contribution in [1.82, 2.24) is 0 Å². The van der Waals surface area contributed by atoms with Crippen molar-refractivity contribution in [2.45, 2.75) is 33.4 Å². The first kappa shape index (κ1) is 15.3. The van der Waals surface area contributed by atoms with Gasteiger partial charge in [-0.3, -0.25) is 4.90 Å². The molecule has 6 heteroatoms. The van der Waals surface area contributed by atoms with E-state index in [-0.39, 0.29) is 18.4 Å². The smallest absolute Gasteiger partial charge is 0.220 e. The number of nitrogens with zero attached hydrogens (tertiary/aromatic N) is 3. The highest BCUT2D eigenvalue weighted by Gasteiger charge is 2.32. The topological polar surface area (TPSA) is 80.0 Å². The summed E-state index contributed by atoms with van der Waals surface area (Å²) >= 11 is 0. The minimum atomic E-state index is -0.530. The fourth-order valence-corrected chi connectivity index (χ4v) is 2.12. The van der Waals surface area contributed by atoms with Crippen LogP contribution in [0.3, 0.4) is 0 Å². The van der Waals surface area contributed by atoms with E-state index in [1.54, 1.807) is 0 Å². The molecule has 19 heavy (non-hydrogen) atoms. The molecule has 1 heterocycles. The van der Waals surface area contributed by atoms with Crippen LogP contribution in [0.2, 0.25) is 0 Å². The maximum absolute atomic E-state index is 5.98. The van der Waals surface area contributed by atoms with Crippen LogP contribution in [0.4, 0.5) is 5.69 Å². The molecule has 1 aromatic carbocycles. The van der Waals surface area contributed by atoms with E-state index in [2.05, 4.69) is 36.0 Å². The Morgan fingerprint density at radius 1 is 1.11 bits per heavy atom. The fourth-order valence-electron chi connectivity index (χ4n) is 2.12. The van der Waals surface area contributed by atoms with Crippen molar-refractivity contribution in [3.8, 4) is 0 Å². The molecule has 0 saturated heterocycles. The molecule has 5 nitrogen and oxygen atoms in total. The first-order chi connectivity index (χ1) is 8.31. The van der Waals surface area contributed by atoms with Gasteiger partial charge in [-0.25, -0.2) is 4.99 Å². The van der Waals surface area contributed by atoms with E-state index in [1.165, 1.54) is 11.1 Å². The van der Waals surface area contributed by atoms with Gasteiger partial charge in [-0.05, 0) is 51.0 Å². The van der Waals surface area contributed by atoms with Crippen molar-refractivity contribution in [1.29, 1.82) is 0 Å². The number of hydrogen-bond donors (Lipinski definition) is 2. The molecular formula is C13H20ClN5. The summed E-state index contributed by atoms with van der Waals surface area (Å²) in [6.07, 6.45) is 0. The van der Waals surface area contributed by atoms with Crippen molar-refractivity contribution < 1.29 is 0 Å². The van der Waals surface area contributed by atoms with E-state index in [9.17, 15) is 0 Å². The molecule has 2 rings (SSSR count). The first-order valence-corrected chi connectivity index (χ1v) is 5.88. The molecule has 4 N–H and O–H groups in total. The second kappa shape index (κ2) is 5.09. The summed E-state index contributed by atoms with van der Waals surface area (Å²) in [5, 5.41) is 0. The molecule has 1 aliphatic heterocycles. The van der Waals surface area contributed by atoms with Gasteiger partial charge in [-0.15, -0.1) is 12.4 Å². The number of anilines is 1. The molecule has 1 aliphatic rings. The number of halogens is 1. The Labute approximate surface area is 119 Å². The zero-order valence-corrected chi connectivity index (χ0v) is 12.5. The van der Waals surface area contributed by atoms with Crippen molar-refractivity contribution in [3.05, 3.63) is 29.3 Å². The second-order valence-corrected chi connectivity index (χ2v) is 5.04. The molecule has 104 valence electrons. The summed E-state index contributed by atoms with van der Waals surface area (Å²) in [4.78, 5) is 10.2. The Kier molecular flexibility index (Phi) is 4.10. The molecule has 0 bridgehead atoms. The monoisotopic (exact) mass is 281 g/mol. The molecule has 0 atom stereocenters. The van der Waals surface area contributed by atoms with Gasteiger partial charge < -0.3 is 11.5 Å². The third-order valence-corrected chi connectivity index (χ3v) is 3.14. The summed E-state index contributed by atoms with van der Waals surface area (Å²) in [5.41, 5.74) is 14.5. The van der Waals surface area contributed by atoms with Crippen LogP contribution in [-0.2, 0) is 0 Å². The Morgan fingerprint density at radius 3 is 2.26 bits per heavy atom. The van der Waals surface area contributed by atoms with Gasteiger partial charge in [0.25, 0.3) is 0 Å². The highest BCUT2D eigenvalue weighted by molar-refractivity contribution is 6.05.